The van der Waals surface area contributed by atoms with Crippen molar-refractivity contribution in [1.82, 2.24) is 0 Å². The summed E-state index contributed by atoms with van der Waals surface area (Å²) in [6.45, 7) is 0. The molecule has 1 N–H and O–H groups in total. The molecule has 0 aliphatic heterocycles. The molecule has 0 aromatic heterocycles. The van der Waals surface area contributed by atoms with E-state index in [9.17, 15) is 13.5 Å². The topological polar surface area (TPSA) is 54.4 Å². The lowest BCUT2D eigenvalue weighted by Gasteiger charge is -2.35. The van der Waals surface area contributed by atoms with Crippen molar-refractivity contribution >= 4 is 9.84 Å². The van der Waals surface area contributed by atoms with Crippen molar-refractivity contribution < 1.29 is 13.5 Å². The lowest BCUT2D eigenvalue weighted by Crippen LogP contribution is -2.37. The number of hydrogen-bond acceptors (Lipinski definition) is 3. The van der Waals surface area contributed by atoms with Gasteiger partial charge in [-0.25, -0.2) is 8.42 Å². The molecule has 4 heteroatoms. The smallest absolute Gasteiger partial charge is 0.147 e. The van der Waals surface area contributed by atoms with Gasteiger partial charge in [-0.1, -0.05) is 43.2 Å². The first-order chi connectivity index (χ1) is 9.44. The summed E-state index contributed by atoms with van der Waals surface area (Å²) in [5.41, 5.74) is 1.03. The molecule has 0 spiro atoms. The van der Waals surface area contributed by atoms with Crippen LogP contribution < -0.4 is 0 Å². The highest BCUT2D eigenvalue weighted by Crippen LogP contribution is 2.44. The van der Waals surface area contributed by atoms with Gasteiger partial charge < -0.3 is 5.11 Å². The summed E-state index contributed by atoms with van der Waals surface area (Å²) < 4.78 is 22.4. The summed E-state index contributed by atoms with van der Waals surface area (Å²) >= 11 is 0. The molecule has 112 valence electrons. The highest BCUT2D eigenvalue weighted by molar-refractivity contribution is 7.90. The normalized spacial score (nSPS) is 19.9. The Hall–Kier alpha value is -0.870. The Morgan fingerprint density at radius 2 is 1.80 bits per heavy atom. The third kappa shape index (κ3) is 3.61. The van der Waals surface area contributed by atoms with Crippen molar-refractivity contribution in [3.63, 3.8) is 0 Å². The second kappa shape index (κ2) is 6.27. The summed E-state index contributed by atoms with van der Waals surface area (Å²) in [7, 11) is -2.94. The van der Waals surface area contributed by atoms with Crippen LogP contribution in [0.25, 0.3) is 0 Å². The van der Waals surface area contributed by atoms with Gasteiger partial charge in [-0.05, 0) is 31.2 Å². The van der Waals surface area contributed by atoms with E-state index < -0.39 is 15.9 Å². The molecule has 1 aromatic rings. The van der Waals surface area contributed by atoms with Gasteiger partial charge in [0.25, 0.3) is 0 Å². The Morgan fingerprint density at radius 1 is 1.20 bits per heavy atom. The summed E-state index contributed by atoms with van der Waals surface area (Å²) in [6, 6.07) is 10.2. The van der Waals surface area contributed by atoms with Crippen molar-refractivity contribution in [3.8, 4) is 0 Å². The van der Waals surface area contributed by atoms with Gasteiger partial charge in [0.05, 0.1) is 6.10 Å². The van der Waals surface area contributed by atoms with Gasteiger partial charge in [-0.15, -0.1) is 0 Å². The van der Waals surface area contributed by atoms with Gasteiger partial charge in [-0.2, -0.15) is 0 Å². The predicted octanol–water partition coefficient (Wildman–Crippen LogP) is 2.68. The summed E-state index contributed by atoms with van der Waals surface area (Å²) in [5, 5.41) is 10.7. The molecule has 20 heavy (non-hydrogen) atoms. The van der Waals surface area contributed by atoms with Gasteiger partial charge >= 0.3 is 0 Å². The molecule has 0 radical (unpaired) electrons. The first-order valence-corrected chi connectivity index (χ1v) is 9.41. The fraction of sp³-hybridized carbons (Fsp3) is 0.625. The Morgan fingerprint density at radius 3 is 2.35 bits per heavy atom. The molecule has 0 amide bonds. The van der Waals surface area contributed by atoms with E-state index in [0.29, 0.717) is 12.8 Å². The van der Waals surface area contributed by atoms with Crippen molar-refractivity contribution in [1.29, 1.82) is 0 Å². The fourth-order valence-corrected chi connectivity index (χ4v) is 4.10. The first kappa shape index (κ1) is 15.5. The van der Waals surface area contributed by atoms with Gasteiger partial charge in [0.2, 0.25) is 0 Å². The van der Waals surface area contributed by atoms with Crippen molar-refractivity contribution in [2.75, 3.05) is 12.0 Å². The summed E-state index contributed by atoms with van der Waals surface area (Å²) in [5.74, 6) is 0.162. The Kier molecular flexibility index (Phi) is 4.86. The van der Waals surface area contributed by atoms with Crippen LogP contribution in [0.2, 0.25) is 0 Å². The zero-order valence-corrected chi connectivity index (χ0v) is 12.9. The average Bonchev–Trinajstić information content (AvgIpc) is 2.89. The molecule has 1 fully saturated rings. The van der Waals surface area contributed by atoms with Gasteiger partial charge in [0, 0.05) is 17.4 Å². The highest BCUT2D eigenvalue weighted by atomic mass is 32.2. The number of aliphatic hydroxyl groups is 1. The number of aliphatic hydroxyl groups excluding tert-OH is 1. The van der Waals surface area contributed by atoms with Crippen molar-refractivity contribution in [3.05, 3.63) is 35.9 Å². The van der Waals surface area contributed by atoms with Crippen LogP contribution >= 0.6 is 0 Å². The number of sulfone groups is 1. The monoisotopic (exact) mass is 296 g/mol. The fourth-order valence-electron chi connectivity index (χ4n) is 3.41. The van der Waals surface area contributed by atoms with E-state index in [1.54, 1.807) is 0 Å². The molecule has 3 nitrogen and oxygen atoms in total. The number of rotatable bonds is 6. The Balaban J connectivity index is 2.09. The van der Waals surface area contributed by atoms with Crippen LogP contribution in [0.4, 0.5) is 0 Å². The van der Waals surface area contributed by atoms with Crippen LogP contribution in [0.1, 0.15) is 44.1 Å². The maximum absolute atomic E-state index is 11.2. The minimum absolute atomic E-state index is 0.162. The lowest BCUT2D eigenvalue weighted by atomic mass is 9.73. The highest BCUT2D eigenvalue weighted by Gasteiger charge is 2.41. The SMILES string of the molecule is CS(=O)(=O)CCCC(O)C1(c2ccccc2)CCCC1. The van der Waals surface area contributed by atoms with Crippen LogP contribution in [-0.2, 0) is 15.3 Å². The Labute approximate surface area is 121 Å². The molecule has 0 saturated heterocycles. The summed E-state index contributed by atoms with van der Waals surface area (Å²) in [6.07, 6.45) is 6.16. The van der Waals surface area contributed by atoms with Crippen molar-refractivity contribution in [2.24, 2.45) is 0 Å². The molecule has 1 aliphatic rings. The van der Waals surface area contributed by atoms with E-state index in [4.69, 9.17) is 0 Å². The van der Waals surface area contributed by atoms with Crippen LogP contribution in [0.5, 0.6) is 0 Å². The third-order valence-corrected chi connectivity index (χ3v) is 5.51. The molecule has 1 aromatic carbocycles. The van der Waals surface area contributed by atoms with Crippen LogP contribution in [0.15, 0.2) is 30.3 Å². The van der Waals surface area contributed by atoms with Gasteiger partial charge in [-0.3, -0.25) is 0 Å². The van der Waals surface area contributed by atoms with E-state index in [1.165, 1.54) is 11.8 Å². The van der Waals surface area contributed by atoms with Gasteiger partial charge in [0.1, 0.15) is 9.84 Å². The zero-order chi connectivity index (χ0) is 14.6. The molecule has 1 unspecified atom stereocenters. The number of benzene rings is 1. The number of hydrogen-bond donors (Lipinski definition) is 1. The first-order valence-electron chi connectivity index (χ1n) is 7.35. The third-order valence-electron chi connectivity index (χ3n) is 4.48. The minimum Gasteiger partial charge on any atom is -0.392 e. The molecular weight excluding hydrogens is 272 g/mol. The van der Waals surface area contributed by atoms with Gasteiger partial charge in [0.15, 0.2) is 0 Å². The molecule has 2 rings (SSSR count). The van der Waals surface area contributed by atoms with Crippen LogP contribution in [-0.4, -0.2) is 31.6 Å². The van der Waals surface area contributed by atoms with Crippen LogP contribution in [0.3, 0.4) is 0 Å². The molecule has 0 bridgehead atoms. The van der Waals surface area contributed by atoms with Crippen LogP contribution in [0, 0.1) is 0 Å². The molecule has 1 aliphatic carbocycles. The van der Waals surface area contributed by atoms with E-state index in [1.807, 2.05) is 18.2 Å². The zero-order valence-electron chi connectivity index (χ0n) is 12.1. The quantitative estimate of drug-likeness (QED) is 0.878. The minimum atomic E-state index is -2.94. The van der Waals surface area contributed by atoms with E-state index >= 15 is 0 Å². The standard InChI is InChI=1S/C16H24O3S/c1-20(18,19)13-7-10-15(17)16(11-5-6-12-16)14-8-3-2-4-9-14/h2-4,8-9,15,17H,5-7,10-13H2,1H3. The summed E-state index contributed by atoms with van der Waals surface area (Å²) in [4.78, 5) is 0. The predicted molar refractivity (Wildman–Crippen MR) is 81.5 cm³/mol. The average molecular weight is 296 g/mol. The molecule has 1 saturated carbocycles. The molecular formula is C16H24O3S. The van der Waals surface area contributed by atoms with E-state index in [0.717, 1.165) is 25.7 Å². The second-order valence-electron chi connectivity index (χ2n) is 6.02. The van der Waals surface area contributed by atoms with E-state index in [2.05, 4.69) is 12.1 Å². The van der Waals surface area contributed by atoms with Crippen molar-refractivity contribution in [2.45, 2.75) is 50.0 Å². The second-order valence-corrected chi connectivity index (χ2v) is 8.28. The molecule has 1 atom stereocenters. The maximum atomic E-state index is 11.2. The lowest BCUT2D eigenvalue weighted by molar-refractivity contribution is 0.0739. The van der Waals surface area contributed by atoms with E-state index in [-0.39, 0.29) is 11.2 Å². The largest absolute Gasteiger partial charge is 0.392 e. The maximum Gasteiger partial charge on any atom is 0.147 e. The molecule has 0 heterocycles. The Bertz CT molecular complexity index is 516.